The molecule has 1 unspecified atom stereocenters. The van der Waals surface area contributed by atoms with Crippen molar-refractivity contribution in [2.45, 2.75) is 38.1 Å². The van der Waals surface area contributed by atoms with E-state index in [-0.39, 0.29) is 12.1 Å². The fourth-order valence-electron chi connectivity index (χ4n) is 2.48. The van der Waals surface area contributed by atoms with Crippen molar-refractivity contribution in [2.75, 3.05) is 6.54 Å². The highest BCUT2D eigenvalue weighted by Crippen LogP contribution is 2.26. The van der Waals surface area contributed by atoms with Gasteiger partial charge in [-0.2, -0.15) is 11.3 Å². The van der Waals surface area contributed by atoms with Gasteiger partial charge in [0.2, 0.25) is 0 Å². The Morgan fingerprint density at radius 1 is 1.50 bits per heavy atom. The molecule has 4 rings (SSSR count). The monoisotopic (exact) mass is 319 g/mol. The third kappa shape index (κ3) is 2.84. The van der Waals surface area contributed by atoms with Gasteiger partial charge in [-0.05, 0) is 24.3 Å². The standard InChI is InChI=1S/C14H17N5O2S/c20-14(16-10-1-2-10)15-5-11-6-19-12(7-21-11)13(17-18-19)9-3-4-22-8-9/h3-4,8,10-11H,1-2,5-7H2,(H2,15,16,20). The van der Waals surface area contributed by atoms with E-state index in [0.29, 0.717) is 25.7 Å². The van der Waals surface area contributed by atoms with Crippen LogP contribution in [-0.4, -0.2) is 39.7 Å². The third-order valence-electron chi connectivity index (χ3n) is 3.87. The number of urea groups is 1. The second-order valence-electron chi connectivity index (χ2n) is 5.64. The molecule has 8 heteroatoms. The Morgan fingerprint density at radius 3 is 3.18 bits per heavy atom. The molecule has 0 radical (unpaired) electrons. The van der Waals surface area contributed by atoms with Crippen molar-refractivity contribution in [1.29, 1.82) is 0 Å². The van der Waals surface area contributed by atoms with Gasteiger partial charge in [0.25, 0.3) is 0 Å². The summed E-state index contributed by atoms with van der Waals surface area (Å²) < 4.78 is 7.71. The summed E-state index contributed by atoms with van der Waals surface area (Å²) in [5.74, 6) is 0. The van der Waals surface area contributed by atoms with Gasteiger partial charge < -0.3 is 15.4 Å². The maximum atomic E-state index is 11.6. The average molecular weight is 319 g/mol. The zero-order chi connectivity index (χ0) is 14.9. The second kappa shape index (κ2) is 5.69. The van der Waals surface area contributed by atoms with E-state index in [4.69, 9.17) is 4.74 Å². The molecule has 0 saturated heterocycles. The smallest absolute Gasteiger partial charge is 0.315 e. The Labute approximate surface area is 131 Å². The molecule has 3 heterocycles. The Bertz CT molecular complexity index is 665. The van der Waals surface area contributed by atoms with Gasteiger partial charge in [0.15, 0.2) is 0 Å². The van der Waals surface area contributed by atoms with E-state index in [2.05, 4.69) is 26.3 Å². The summed E-state index contributed by atoms with van der Waals surface area (Å²) in [7, 11) is 0. The van der Waals surface area contributed by atoms with E-state index in [9.17, 15) is 4.79 Å². The van der Waals surface area contributed by atoms with Gasteiger partial charge in [0.1, 0.15) is 5.69 Å². The molecule has 7 nitrogen and oxygen atoms in total. The first-order valence-corrected chi connectivity index (χ1v) is 8.35. The summed E-state index contributed by atoms with van der Waals surface area (Å²) in [4.78, 5) is 11.6. The molecule has 2 aliphatic rings. The van der Waals surface area contributed by atoms with Crippen LogP contribution in [0.4, 0.5) is 4.79 Å². The molecule has 1 aliphatic carbocycles. The molecule has 1 aliphatic heterocycles. The zero-order valence-corrected chi connectivity index (χ0v) is 12.8. The van der Waals surface area contributed by atoms with Crippen LogP contribution in [0.1, 0.15) is 18.5 Å². The van der Waals surface area contributed by atoms with E-state index in [1.807, 2.05) is 16.1 Å². The average Bonchev–Trinajstić information content (AvgIpc) is 3.03. The first kappa shape index (κ1) is 13.7. The van der Waals surface area contributed by atoms with Crippen molar-refractivity contribution in [1.82, 2.24) is 25.6 Å². The molecular formula is C14H17N5O2S. The quantitative estimate of drug-likeness (QED) is 0.892. The van der Waals surface area contributed by atoms with Crippen LogP contribution in [0.2, 0.25) is 0 Å². The van der Waals surface area contributed by atoms with Crippen LogP contribution in [0.15, 0.2) is 16.8 Å². The molecule has 2 N–H and O–H groups in total. The number of rotatable bonds is 4. The maximum Gasteiger partial charge on any atom is 0.315 e. The molecular weight excluding hydrogens is 302 g/mol. The van der Waals surface area contributed by atoms with Crippen molar-refractivity contribution in [3.63, 3.8) is 0 Å². The predicted octanol–water partition coefficient (Wildman–Crippen LogP) is 1.37. The van der Waals surface area contributed by atoms with Crippen LogP contribution in [0.5, 0.6) is 0 Å². The molecule has 0 spiro atoms. The summed E-state index contributed by atoms with van der Waals surface area (Å²) in [5, 5.41) is 18.3. The number of hydrogen-bond donors (Lipinski definition) is 2. The highest BCUT2D eigenvalue weighted by Gasteiger charge is 2.26. The van der Waals surface area contributed by atoms with Crippen LogP contribution >= 0.6 is 11.3 Å². The van der Waals surface area contributed by atoms with Crippen LogP contribution in [0.25, 0.3) is 11.3 Å². The number of carbonyl (C=O) groups is 1. The van der Waals surface area contributed by atoms with E-state index >= 15 is 0 Å². The van der Waals surface area contributed by atoms with Gasteiger partial charge in [0, 0.05) is 23.5 Å². The van der Waals surface area contributed by atoms with Crippen molar-refractivity contribution in [2.24, 2.45) is 0 Å². The van der Waals surface area contributed by atoms with E-state index < -0.39 is 0 Å². The Morgan fingerprint density at radius 2 is 2.41 bits per heavy atom. The Kier molecular flexibility index (Phi) is 3.55. The highest BCUT2D eigenvalue weighted by atomic mass is 32.1. The molecule has 1 saturated carbocycles. The lowest BCUT2D eigenvalue weighted by Crippen LogP contribution is -2.43. The highest BCUT2D eigenvalue weighted by molar-refractivity contribution is 7.08. The largest absolute Gasteiger partial charge is 0.368 e. The molecule has 0 bridgehead atoms. The van der Waals surface area contributed by atoms with Gasteiger partial charge in [-0.15, -0.1) is 5.10 Å². The number of nitrogens with one attached hydrogen (secondary N) is 2. The second-order valence-corrected chi connectivity index (χ2v) is 6.42. The number of carbonyl (C=O) groups excluding carboxylic acids is 1. The minimum atomic E-state index is -0.116. The molecule has 1 fully saturated rings. The van der Waals surface area contributed by atoms with Crippen molar-refractivity contribution in [3.8, 4) is 11.3 Å². The van der Waals surface area contributed by atoms with Crippen molar-refractivity contribution < 1.29 is 9.53 Å². The summed E-state index contributed by atoms with van der Waals surface area (Å²) in [5.41, 5.74) is 2.96. The SMILES string of the molecule is O=C(NCC1Cn2nnc(-c3ccsc3)c2CO1)NC1CC1. The van der Waals surface area contributed by atoms with E-state index in [0.717, 1.165) is 29.8 Å². The van der Waals surface area contributed by atoms with Gasteiger partial charge >= 0.3 is 6.03 Å². The van der Waals surface area contributed by atoms with Crippen LogP contribution < -0.4 is 10.6 Å². The number of aromatic nitrogens is 3. The number of amides is 2. The van der Waals surface area contributed by atoms with E-state index in [1.165, 1.54) is 0 Å². The number of fused-ring (bicyclic) bond motifs is 1. The molecule has 2 aromatic rings. The Balaban J connectivity index is 1.36. The summed E-state index contributed by atoms with van der Waals surface area (Å²) in [6.45, 7) is 1.55. The summed E-state index contributed by atoms with van der Waals surface area (Å²) in [6.07, 6.45) is 2.09. The van der Waals surface area contributed by atoms with Crippen LogP contribution in [-0.2, 0) is 17.9 Å². The summed E-state index contributed by atoms with van der Waals surface area (Å²) in [6, 6.07) is 2.28. The molecule has 116 valence electrons. The lowest BCUT2D eigenvalue weighted by Gasteiger charge is -2.24. The van der Waals surface area contributed by atoms with Gasteiger partial charge in [-0.25, -0.2) is 9.48 Å². The Hall–Kier alpha value is -1.93. The minimum absolute atomic E-state index is 0.0746. The van der Waals surface area contributed by atoms with E-state index in [1.54, 1.807) is 11.3 Å². The first-order chi connectivity index (χ1) is 10.8. The van der Waals surface area contributed by atoms with Gasteiger partial charge in [-0.3, -0.25) is 0 Å². The fourth-order valence-corrected chi connectivity index (χ4v) is 3.12. The van der Waals surface area contributed by atoms with Crippen molar-refractivity contribution in [3.05, 3.63) is 22.5 Å². The van der Waals surface area contributed by atoms with Gasteiger partial charge in [-0.1, -0.05) is 5.21 Å². The first-order valence-electron chi connectivity index (χ1n) is 7.40. The molecule has 1 atom stereocenters. The third-order valence-corrected chi connectivity index (χ3v) is 4.55. The fraction of sp³-hybridized carbons (Fsp3) is 0.500. The van der Waals surface area contributed by atoms with Crippen LogP contribution in [0.3, 0.4) is 0 Å². The normalized spacial score (nSPS) is 20.5. The number of hydrogen-bond acceptors (Lipinski definition) is 5. The lowest BCUT2D eigenvalue weighted by atomic mass is 10.2. The zero-order valence-electron chi connectivity index (χ0n) is 12.0. The lowest BCUT2D eigenvalue weighted by molar-refractivity contribution is 0.00290. The topological polar surface area (TPSA) is 81.1 Å². The number of ether oxygens (including phenoxy) is 1. The number of thiophene rings is 1. The van der Waals surface area contributed by atoms with Crippen LogP contribution in [0, 0.1) is 0 Å². The predicted molar refractivity (Wildman–Crippen MR) is 81.5 cm³/mol. The molecule has 0 aromatic carbocycles. The molecule has 2 amide bonds. The van der Waals surface area contributed by atoms with Gasteiger partial charge in [0.05, 0.1) is 24.9 Å². The molecule has 2 aromatic heterocycles. The maximum absolute atomic E-state index is 11.6. The minimum Gasteiger partial charge on any atom is -0.368 e. The summed E-state index contributed by atoms with van der Waals surface area (Å²) >= 11 is 1.64. The van der Waals surface area contributed by atoms with Crippen molar-refractivity contribution >= 4 is 17.4 Å². The molecule has 22 heavy (non-hydrogen) atoms. The number of nitrogens with zero attached hydrogens (tertiary/aromatic N) is 3.